The third kappa shape index (κ3) is 4.29. The molecule has 0 spiro atoms. The second-order valence-electron chi connectivity index (χ2n) is 6.47. The standard InChI is InChI=1S/C20H24N2O3/c1-14(22-20(24)16-8-4-9-16)19(23)21-12-13-25-18-11-5-7-15-6-2-3-10-17(15)18/h2-3,5-7,10-11,14,16H,4,8-9,12-13H2,1H3,(H,21,23)(H,22,24)/t14-/m0/s1. The van der Waals surface area contributed by atoms with E-state index >= 15 is 0 Å². The summed E-state index contributed by atoms with van der Waals surface area (Å²) in [6, 6.07) is 13.4. The SMILES string of the molecule is C[C@H](NC(=O)C1CCC1)C(=O)NCCOc1cccc2ccccc12. The normalized spacial score (nSPS) is 15.2. The average Bonchev–Trinajstić information content (AvgIpc) is 2.56. The Hall–Kier alpha value is -2.56. The van der Waals surface area contributed by atoms with E-state index in [9.17, 15) is 9.59 Å². The van der Waals surface area contributed by atoms with Crippen LogP contribution in [0.25, 0.3) is 10.8 Å². The van der Waals surface area contributed by atoms with Crippen LogP contribution in [0.3, 0.4) is 0 Å². The molecule has 1 fully saturated rings. The van der Waals surface area contributed by atoms with Gasteiger partial charge in [0.2, 0.25) is 11.8 Å². The number of hydrogen-bond acceptors (Lipinski definition) is 3. The van der Waals surface area contributed by atoms with Crippen LogP contribution >= 0.6 is 0 Å². The molecule has 2 amide bonds. The molecule has 0 heterocycles. The van der Waals surface area contributed by atoms with Gasteiger partial charge in [0, 0.05) is 11.3 Å². The van der Waals surface area contributed by atoms with E-state index < -0.39 is 6.04 Å². The van der Waals surface area contributed by atoms with Crippen molar-refractivity contribution in [1.82, 2.24) is 10.6 Å². The molecule has 0 aliphatic heterocycles. The van der Waals surface area contributed by atoms with Crippen LogP contribution in [0.2, 0.25) is 0 Å². The quantitative estimate of drug-likeness (QED) is 0.762. The highest BCUT2D eigenvalue weighted by Crippen LogP contribution is 2.26. The molecule has 132 valence electrons. The predicted octanol–water partition coefficient (Wildman–Crippen LogP) is 2.64. The van der Waals surface area contributed by atoms with Crippen molar-refractivity contribution in [2.24, 2.45) is 5.92 Å². The molecule has 1 atom stereocenters. The molecular formula is C20H24N2O3. The Balaban J connectivity index is 1.43. The molecule has 1 aliphatic rings. The van der Waals surface area contributed by atoms with Crippen molar-refractivity contribution in [2.75, 3.05) is 13.2 Å². The third-order valence-electron chi connectivity index (χ3n) is 4.64. The van der Waals surface area contributed by atoms with Crippen LogP contribution < -0.4 is 15.4 Å². The first kappa shape index (κ1) is 17.3. The minimum absolute atomic E-state index is 0.0131. The van der Waals surface area contributed by atoms with E-state index in [1.165, 1.54) is 0 Å². The number of fused-ring (bicyclic) bond motifs is 1. The summed E-state index contributed by atoms with van der Waals surface area (Å²) >= 11 is 0. The first-order valence-electron chi connectivity index (χ1n) is 8.84. The molecule has 1 aliphatic carbocycles. The zero-order valence-corrected chi connectivity index (χ0v) is 14.5. The van der Waals surface area contributed by atoms with Gasteiger partial charge < -0.3 is 15.4 Å². The van der Waals surface area contributed by atoms with Crippen molar-refractivity contribution in [3.05, 3.63) is 42.5 Å². The van der Waals surface area contributed by atoms with Crippen LogP contribution in [0.5, 0.6) is 5.75 Å². The number of benzene rings is 2. The first-order chi connectivity index (χ1) is 12.1. The minimum atomic E-state index is -0.523. The van der Waals surface area contributed by atoms with Gasteiger partial charge in [-0.05, 0) is 31.2 Å². The smallest absolute Gasteiger partial charge is 0.242 e. The van der Waals surface area contributed by atoms with Crippen LogP contribution in [0, 0.1) is 5.92 Å². The van der Waals surface area contributed by atoms with Gasteiger partial charge in [-0.15, -0.1) is 0 Å². The minimum Gasteiger partial charge on any atom is -0.491 e. The van der Waals surface area contributed by atoms with E-state index in [0.717, 1.165) is 35.8 Å². The molecule has 0 bridgehead atoms. The summed E-state index contributed by atoms with van der Waals surface area (Å²) in [4.78, 5) is 23.9. The fourth-order valence-electron chi connectivity index (χ4n) is 2.88. The number of carbonyl (C=O) groups is 2. The zero-order chi connectivity index (χ0) is 17.6. The van der Waals surface area contributed by atoms with Gasteiger partial charge in [0.05, 0.1) is 6.54 Å². The van der Waals surface area contributed by atoms with Crippen molar-refractivity contribution >= 4 is 22.6 Å². The topological polar surface area (TPSA) is 67.4 Å². The number of carbonyl (C=O) groups excluding carboxylic acids is 2. The van der Waals surface area contributed by atoms with E-state index in [1.807, 2.05) is 42.5 Å². The van der Waals surface area contributed by atoms with Crippen molar-refractivity contribution < 1.29 is 14.3 Å². The van der Waals surface area contributed by atoms with E-state index in [4.69, 9.17) is 4.74 Å². The van der Waals surface area contributed by atoms with Crippen LogP contribution in [0.4, 0.5) is 0 Å². The lowest BCUT2D eigenvalue weighted by Crippen LogP contribution is -2.48. The predicted molar refractivity (Wildman–Crippen MR) is 97.4 cm³/mol. The van der Waals surface area contributed by atoms with E-state index in [-0.39, 0.29) is 17.7 Å². The zero-order valence-electron chi connectivity index (χ0n) is 14.5. The van der Waals surface area contributed by atoms with Crippen LogP contribution in [-0.4, -0.2) is 31.0 Å². The van der Waals surface area contributed by atoms with Crippen LogP contribution in [-0.2, 0) is 9.59 Å². The maximum atomic E-state index is 12.0. The Morgan fingerprint density at radius 3 is 2.68 bits per heavy atom. The van der Waals surface area contributed by atoms with E-state index in [1.54, 1.807) is 6.92 Å². The van der Waals surface area contributed by atoms with Gasteiger partial charge in [0.25, 0.3) is 0 Å². The molecule has 2 N–H and O–H groups in total. The summed E-state index contributed by atoms with van der Waals surface area (Å²) in [5.74, 6) is 0.693. The molecule has 25 heavy (non-hydrogen) atoms. The van der Waals surface area contributed by atoms with Gasteiger partial charge in [-0.25, -0.2) is 0 Å². The fraction of sp³-hybridized carbons (Fsp3) is 0.400. The maximum Gasteiger partial charge on any atom is 0.242 e. The summed E-state index contributed by atoms with van der Waals surface area (Å²) < 4.78 is 5.79. The highest BCUT2D eigenvalue weighted by molar-refractivity contribution is 5.89. The summed E-state index contributed by atoms with van der Waals surface area (Å²) in [7, 11) is 0. The Morgan fingerprint density at radius 2 is 1.92 bits per heavy atom. The molecule has 0 radical (unpaired) electrons. The first-order valence-corrected chi connectivity index (χ1v) is 8.84. The molecule has 5 heteroatoms. The number of rotatable bonds is 7. The third-order valence-corrected chi connectivity index (χ3v) is 4.64. The molecule has 3 rings (SSSR count). The monoisotopic (exact) mass is 340 g/mol. The van der Waals surface area contributed by atoms with Gasteiger partial charge >= 0.3 is 0 Å². The summed E-state index contributed by atoms with van der Waals surface area (Å²) in [6.45, 7) is 2.48. The van der Waals surface area contributed by atoms with Crippen molar-refractivity contribution in [3.8, 4) is 5.75 Å². The second kappa shape index (κ2) is 8.01. The Labute approximate surface area is 147 Å². The fourth-order valence-corrected chi connectivity index (χ4v) is 2.88. The van der Waals surface area contributed by atoms with E-state index in [2.05, 4.69) is 10.6 Å². The molecule has 0 saturated heterocycles. The van der Waals surface area contributed by atoms with E-state index in [0.29, 0.717) is 13.2 Å². The van der Waals surface area contributed by atoms with Crippen LogP contribution in [0.1, 0.15) is 26.2 Å². The van der Waals surface area contributed by atoms with Gasteiger partial charge in [-0.2, -0.15) is 0 Å². The average molecular weight is 340 g/mol. The second-order valence-corrected chi connectivity index (χ2v) is 6.47. The van der Waals surface area contributed by atoms with Crippen molar-refractivity contribution in [2.45, 2.75) is 32.2 Å². The molecule has 2 aromatic rings. The molecule has 0 aromatic heterocycles. The van der Waals surface area contributed by atoms with Gasteiger partial charge in [0.15, 0.2) is 0 Å². The summed E-state index contributed by atoms with van der Waals surface area (Å²) in [5, 5.41) is 7.75. The molecular weight excluding hydrogens is 316 g/mol. The van der Waals surface area contributed by atoms with Gasteiger partial charge in [0.1, 0.15) is 18.4 Å². The molecule has 2 aromatic carbocycles. The lowest BCUT2D eigenvalue weighted by Gasteiger charge is -2.25. The van der Waals surface area contributed by atoms with Gasteiger partial charge in [-0.3, -0.25) is 9.59 Å². The molecule has 5 nitrogen and oxygen atoms in total. The Morgan fingerprint density at radius 1 is 1.16 bits per heavy atom. The highest BCUT2D eigenvalue weighted by Gasteiger charge is 2.27. The van der Waals surface area contributed by atoms with Crippen molar-refractivity contribution in [3.63, 3.8) is 0 Å². The summed E-state index contributed by atoms with van der Waals surface area (Å²) in [5.41, 5.74) is 0. The number of hydrogen-bond donors (Lipinski definition) is 2. The molecule has 1 saturated carbocycles. The summed E-state index contributed by atoms with van der Waals surface area (Å²) in [6.07, 6.45) is 2.96. The molecule has 0 unspecified atom stereocenters. The largest absolute Gasteiger partial charge is 0.491 e. The van der Waals surface area contributed by atoms with Crippen LogP contribution in [0.15, 0.2) is 42.5 Å². The number of amides is 2. The lowest BCUT2D eigenvalue weighted by molar-refractivity contribution is -0.132. The number of nitrogens with one attached hydrogen (secondary N) is 2. The van der Waals surface area contributed by atoms with Gasteiger partial charge in [-0.1, -0.05) is 42.8 Å². The Bertz CT molecular complexity index is 750. The Kier molecular flexibility index (Phi) is 5.53. The lowest BCUT2D eigenvalue weighted by atomic mass is 9.84. The number of ether oxygens (including phenoxy) is 1. The highest BCUT2D eigenvalue weighted by atomic mass is 16.5. The maximum absolute atomic E-state index is 12.0. The van der Waals surface area contributed by atoms with Crippen molar-refractivity contribution in [1.29, 1.82) is 0 Å².